The zero-order chi connectivity index (χ0) is 14.4. The van der Waals surface area contributed by atoms with Crippen LogP contribution in [0.25, 0.3) is 0 Å². The van der Waals surface area contributed by atoms with Crippen LogP contribution in [0.3, 0.4) is 0 Å². The molecule has 1 aromatic carbocycles. The van der Waals surface area contributed by atoms with Gasteiger partial charge in [0.15, 0.2) is 0 Å². The van der Waals surface area contributed by atoms with E-state index in [4.69, 9.17) is 4.74 Å². The summed E-state index contributed by atoms with van der Waals surface area (Å²) in [6.45, 7) is 11.9. The second-order valence-electron chi connectivity index (χ2n) is 7.18. The summed E-state index contributed by atoms with van der Waals surface area (Å²) in [7, 11) is 0. The van der Waals surface area contributed by atoms with Crippen LogP contribution in [0.15, 0.2) is 24.3 Å². The largest absolute Gasteiger partial charge is 0.367 e. The summed E-state index contributed by atoms with van der Waals surface area (Å²) in [5.74, 6) is 0. The number of ether oxygens (including phenoxy) is 1. The van der Waals surface area contributed by atoms with Gasteiger partial charge in [-0.1, -0.05) is 18.2 Å². The lowest BCUT2D eigenvalue weighted by molar-refractivity contribution is -0.0678. The van der Waals surface area contributed by atoms with Crippen LogP contribution in [0.2, 0.25) is 0 Å². The predicted molar refractivity (Wildman–Crippen MR) is 83.1 cm³/mol. The van der Waals surface area contributed by atoms with Gasteiger partial charge in [-0.2, -0.15) is 0 Å². The highest BCUT2D eigenvalue weighted by molar-refractivity contribution is 5.56. The Bertz CT molecular complexity index is 496. The van der Waals surface area contributed by atoms with Gasteiger partial charge >= 0.3 is 0 Å². The topological polar surface area (TPSA) is 24.5 Å². The number of rotatable bonds is 1. The van der Waals surface area contributed by atoms with Crippen LogP contribution >= 0.6 is 0 Å². The molecule has 0 spiro atoms. The molecule has 0 saturated carbocycles. The van der Waals surface area contributed by atoms with Crippen molar-refractivity contribution in [2.45, 2.75) is 57.9 Å². The Labute approximate surface area is 122 Å². The van der Waals surface area contributed by atoms with Crippen molar-refractivity contribution in [2.75, 3.05) is 18.0 Å². The van der Waals surface area contributed by atoms with Gasteiger partial charge < -0.3 is 15.0 Å². The van der Waals surface area contributed by atoms with Crippen molar-refractivity contribution < 1.29 is 4.74 Å². The van der Waals surface area contributed by atoms with Crippen LogP contribution in [-0.2, 0) is 11.3 Å². The fraction of sp³-hybridized carbons (Fsp3) is 0.647. The molecule has 1 unspecified atom stereocenters. The molecule has 3 heteroatoms. The zero-order valence-electron chi connectivity index (χ0n) is 13.1. The molecule has 1 aromatic rings. The van der Waals surface area contributed by atoms with Crippen LogP contribution in [-0.4, -0.2) is 30.3 Å². The van der Waals surface area contributed by atoms with Crippen molar-refractivity contribution in [3.8, 4) is 0 Å². The van der Waals surface area contributed by atoms with Crippen molar-refractivity contribution in [2.24, 2.45) is 0 Å². The number of nitrogens with one attached hydrogen (secondary N) is 1. The molecule has 1 atom stereocenters. The van der Waals surface area contributed by atoms with Crippen molar-refractivity contribution >= 4 is 5.69 Å². The van der Waals surface area contributed by atoms with Crippen molar-refractivity contribution in [1.82, 2.24) is 5.32 Å². The van der Waals surface area contributed by atoms with Gasteiger partial charge in [0, 0.05) is 25.3 Å². The summed E-state index contributed by atoms with van der Waals surface area (Å²) < 4.78 is 6.30. The van der Waals surface area contributed by atoms with E-state index < -0.39 is 0 Å². The zero-order valence-corrected chi connectivity index (χ0v) is 13.1. The lowest BCUT2D eigenvalue weighted by Gasteiger charge is -2.38. The summed E-state index contributed by atoms with van der Waals surface area (Å²) in [4.78, 5) is 2.56. The van der Waals surface area contributed by atoms with E-state index in [1.165, 1.54) is 11.3 Å². The molecule has 0 aromatic heterocycles. The molecule has 20 heavy (non-hydrogen) atoms. The molecule has 0 bridgehead atoms. The normalized spacial score (nSPS) is 28.0. The van der Waals surface area contributed by atoms with E-state index in [1.807, 2.05) is 0 Å². The monoisotopic (exact) mass is 274 g/mol. The fourth-order valence-electron chi connectivity index (χ4n) is 3.83. The number of nitrogens with zero attached hydrogens (tertiary/aromatic N) is 1. The number of benzene rings is 1. The summed E-state index contributed by atoms with van der Waals surface area (Å²) >= 11 is 0. The highest BCUT2D eigenvalue weighted by Crippen LogP contribution is 2.42. The maximum Gasteiger partial charge on any atom is 0.0837 e. The van der Waals surface area contributed by atoms with Gasteiger partial charge in [-0.05, 0) is 45.7 Å². The van der Waals surface area contributed by atoms with Gasteiger partial charge in [-0.3, -0.25) is 0 Å². The Kier molecular flexibility index (Phi) is 3.30. The van der Waals surface area contributed by atoms with E-state index in [-0.39, 0.29) is 11.2 Å². The molecule has 0 radical (unpaired) electrons. The van der Waals surface area contributed by atoms with E-state index in [0.717, 1.165) is 26.1 Å². The lowest BCUT2D eigenvalue weighted by Crippen LogP contribution is -2.48. The molecule has 1 saturated heterocycles. The number of anilines is 1. The smallest absolute Gasteiger partial charge is 0.0837 e. The van der Waals surface area contributed by atoms with Gasteiger partial charge in [-0.25, -0.2) is 0 Å². The number of hydrogen-bond acceptors (Lipinski definition) is 3. The third kappa shape index (κ3) is 2.45. The molecule has 3 nitrogen and oxygen atoms in total. The first kappa shape index (κ1) is 13.9. The molecule has 2 heterocycles. The second-order valence-corrected chi connectivity index (χ2v) is 7.18. The third-order valence-corrected chi connectivity index (χ3v) is 4.55. The fourth-order valence-corrected chi connectivity index (χ4v) is 3.83. The first-order valence-electron chi connectivity index (χ1n) is 7.64. The van der Waals surface area contributed by atoms with E-state index in [0.29, 0.717) is 6.04 Å². The van der Waals surface area contributed by atoms with Gasteiger partial charge in [-0.15, -0.1) is 0 Å². The second kappa shape index (κ2) is 4.74. The Hall–Kier alpha value is -1.06. The molecule has 1 fully saturated rings. The third-order valence-electron chi connectivity index (χ3n) is 4.55. The number of hydrogen-bond donors (Lipinski definition) is 1. The molecule has 2 aliphatic rings. The average Bonchev–Trinajstić information content (AvgIpc) is 2.53. The SMILES string of the molecule is CC1(C)CC(N2CCNCc3ccccc32)C(C)(C)O1. The summed E-state index contributed by atoms with van der Waals surface area (Å²) in [5.41, 5.74) is 2.62. The van der Waals surface area contributed by atoms with Gasteiger partial charge in [0.05, 0.1) is 17.2 Å². The minimum absolute atomic E-state index is 0.0388. The van der Waals surface area contributed by atoms with E-state index >= 15 is 0 Å². The van der Waals surface area contributed by atoms with Crippen molar-refractivity contribution in [3.63, 3.8) is 0 Å². The van der Waals surface area contributed by atoms with Crippen LogP contribution in [0.5, 0.6) is 0 Å². The van der Waals surface area contributed by atoms with Gasteiger partial charge in [0.2, 0.25) is 0 Å². The minimum atomic E-state index is -0.110. The first-order valence-corrected chi connectivity index (χ1v) is 7.64. The highest BCUT2D eigenvalue weighted by Gasteiger charge is 2.48. The predicted octanol–water partition coefficient (Wildman–Crippen LogP) is 2.94. The molecule has 110 valence electrons. The van der Waals surface area contributed by atoms with Crippen LogP contribution in [0.4, 0.5) is 5.69 Å². The summed E-state index contributed by atoms with van der Waals surface area (Å²) in [5, 5.41) is 3.52. The number of fused-ring (bicyclic) bond motifs is 1. The quantitative estimate of drug-likeness (QED) is 0.852. The molecule has 2 aliphatic heterocycles. The molecule has 3 rings (SSSR count). The number of para-hydroxylation sites is 1. The van der Waals surface area contributed by atoms with Crippen LogP contribution in [0, 0.1) is 0 Å². The Balaban J connectivity index is 1.98. The lowest BCUT2D eigenvalue weighted by atomic mass is 9.92. The molecule has 1 N–H and O–H groups in total. The van der Waals surface area contributed by atoms with Crippen molar-refractivity contribution in [1.29, 1.82) is 0 Å². The Morgan fingerprint density at radius 1 is 1.20 bits per heavy atom. The molecular formula is C17H26N2O. The van der Waals surface area contributed by atoms with Gasteiger partial charge in [0.25, 0.3) is 0 Å². The first-order chi connectivity index (χ1) is 9.39. The van der Waals surface area contributed by atoms with Crippen LogP contribution in [0.1, 0.15) is 39.7 Å². The summed E-state index contributed by atoms with van der Waals surface area (Å²) in [6, 6.07) is 9.19. The van der Waals surface area contributed by atoms with Gasteiger partial charge in [0.1, 0.15) is 0 Å². The molecular weight excluding hydrogens is 248 g/mol. The van der Waals surface area contributed by atoms with E-state index in [1.54, 1.807) is 0 Å². The van der Waals surface area contributed by atoms with Crippen molar-refractivity contribution in [3.05, 3.63) is 29.8 Å². The van der Waals surface area contributed by atoms with Crippen LogP contribution < -0.4 is 10.2 Å². The highest BCUT2D eigenvalue weighted by atomic mass is 16.5. The maximum atomic E-state index is 6.30. The van der Waals surface area contributed by atoms with E-state index in [2.05, 4.69) is 62.2 Å². The molecule has 0 aliphatic carbocycles. The Morgan fingerprint density at radius 2 is 1.95 bits per heavy atom. The maximum absolute atomic E-state index is 6.30. The minimum Gasteiger partial charge on any atom is -0.367 e. The Morgan fingerprint density at radius 3 is 2.65 bits per heavy atom. The summed E-state index contributed by atoms with van der Waals surface area (Å²) in [6.07, 6.45) is 1.08. The average molecular weight is 274 g/mol. The van der Waals surface area contributed by atoms with E-state index in [9.17, 15) is 0 Å². The standard InChI is InChI=1S/C17H26N2O/c1-16(2)11-15(17(3,4)20-16)19-10-9-18-12-13-7-5-6-8-14(13)19/h5-8,15,18H,9-12H2,1-4H3. The molecule has 0 amide bonds.